The maximum atomic E-state index is 11.5. The first-order chi connectivity index (χ1) is 8.93. The van der Waals surface area contributed by atoms with Gasteiger partial charge in [0, 0.05) is 19.1 Å². The zero-order valence-electron chi connectivity index (χ0n) is 11.4. The predicted molar refractivity (Wildman–Crippen MR) is 76.9 cm³/mol. The third-order valence-corrected chi connectivity index (χ3v) is 5.50. The van der Waals surface area contributed by atoms with Gasteiger partial charge in [-0.2, -0.15) is 0 Å². The molecule has 0 spiro atoms. The first-order valence-corrected chi connectivity index (χ1v) is 8.40. The summed E-state index contributed by atoms with van der Waals surface area (Å²) in [5, 5.41) is 0. The van der Waals surface area contributed by atoms with E-state index in [1.807, 2.05) is 31.0 Å². The molecule has 1 aromatic heterocycles. The molecule has 0 bridgehead atoms. The summed E-state index contributed by atoms with van der Waals surface area (Å²) in [6, 6.07) is 3.90. The van der Waals surface area contributed by atoms with Gasteiger partial charge < -0.3 is 10.6 Å². The van der Waals surface area contributed by atoms with Crippen molar-refractivity contribution < 1.29 is 8.42 Å². The lowest BCUT2D eigenvalue weighted by Gasteiger charge is -2.25. The molecule has 106 valence electrons. The molecule has 0 aromatic carbocycles. The van der Waals surface area contributed by atoms with Gasteiger partial charge >= 0.3 is 0 Å². The number of aromatic nitrogens is 1. The molecule has 1 aliphatic rings. The summed E-state index contributed by atoms with van der Waals surface area (Å²) in [6.45, 7) is 2.02. The normalized spacial score (nSPS) is 23.2. The maximum absolute atomic E-state index is 11.5. The van der Waals surface area contributed by atoms with Gasteiger partial charge in [-0.25, -0.2) is 8.42 Å². The Morgan fingerprint density at radius 3 is 2.74 bits per heavy atom. The van der Waals surface area contributed by atoms with E-state index in [1.165, 1.54) is 0 Å². The molecular weight excluding hydrogens is 262 g/mol. The van der Waals surface area contributed by atoms with Crippen LogP contribution in [0.2, 0.25) is 0 Å². The average Bonchev–Trinajstić information content (AvgIpc) is 2.77. The standard InChI is InChI=1S/C13H21N3O2S/c1-3-12(14)13-5-4-10(8-15-13)16(2)11-6-7-19(17,18)9-11/h4-5,8,11-12H,3,6-7,9,14H2,1-2H3/t11?,12-/m0/s1. The van der Waals surface area contributed by atoms with Gasteiger partial charge in [0.2, 0.25) is 0 Å². The van der Waals surface area contributed by atoms with Gasteiger partial charge in [-0.1, -0.05) is 6.92 Å². The van der Waals surface area contributed by atoms with Crippen LogP contribution in [0.25, 0.3) is 0 Å². The zero-order valence-corrected chi connectivity index (χ0v) is 12.2. The van der Waals surface area contributed by atoms with Gasteiger partial charge in [0.1, 0.15) is 0 Å². The molecule has 0 saturated carbocycles. The summed E-state index contributed by atoms with van der Waals surface area (Å²) >= 11 is 0. The largest absolute Gasteiger partial charge is 0.369 e. The Morgan fingerprint density at radius 2 is 2.26 bits per heavy atom. The van der Waals surface area contributed by atoms with Crippen LogP contribution in [0.3, 0.4) is 0 Å². The van der Waals surface area contributed by atoms with Crippen LogP contribution < -0.4 is 10.6 Å². The molecule has 2 N–H and O–H groups in total. The number of rotatable bonds is 4. The highest BCUT2D eigenvalue weighted by Gasteiger charge is 2.30. The van der Waals surface area contributed by atoms with Gasteiger partial charge in [-0.05, 0) is 25.0 Å². The van der Waals surface area contributed by atoms with E-state index in [2.05, 4.69) is 4.98 Å². The molecule has 19 heavy (non-hydrogen) atoms. The lowest BCUT2D eigenvalue weighted by molar-refractivity contribution is 0.601. The second-order valence-electron chi connectivity index (χ2n) is 5.12. The highest BCUT2D eigenvalue weighted by atomic mass is 32.2. The molecule has 2 rings (SSSR count). The van der Waals surface area contributed by atoms with Gasteiger partial charge in [0.25, 0.3) is 0 Å². The Kier molecular flexibility index (Phi) is 4.10. The van der Waals surface area contributed by atoms with Crippen molar-refractivity contribution in [3.8, 4) is 0 Å². The quantitative estimate of drug-likeness (QED) is 0.896. The molecular formula is C13H21N3O2S. The zero-order chi connectivity index (χ0) is 14.0. The number of nitrogens with zero attached hydrogens (tertiary/aromatic N) is 2. The van der Waals surface area contributed by atoms with Crippen LogP contribution in [0.1, 0.15) is 31.5 Å². The number of nitrogens with two attached hydrogens (primary N) is 1. The van der Waals surface area contributed by atoms with Crippen LogP contribution in [0.5, 0.6) is 0 Å². The fourth-order valence-electron chi connectivity index (χ4n) is 2.33. The summed E-state index contributed by atoms with van der Waals surface area (Å²) in [7, 11) is -0.938. The van der Waals surface area contributed by atoms with Crippen molar-refractivity contribution in [2.45, 2.75) is 31.8 Å². The molecule has 2 heterocycles. The van der Waals surface area contributed by atoms with Gasteiger partial charge in [-0.15, -0.1) is 0 Å². The second-order valence-corrected chi connectivity index (χ2v) is 7.35. The highest BCUT2D eigenvalue weighted by Crippen LogP contribution is 2.23. The van der Waals surface area contributed by atoms with Crippen LogP contribution >= 0.6 is 0 Å². The molecule has 5 nitrogen and oxygen atoms in total. The fourth-order valence-corrected chi connectivity index (χ4v) is 4.10. The summed E-state index contributed by atoms with van der Waals surface area (Å²) in [5.41, 5.74) is 7.74. The van der Waals surface area contributed by atoms with Crippen molar-refractivity contribution in [2.24, 2.45) is 5.73 Å². The van der Waals surface area contributed by atoms with Crippen LogP contribution in [0.4, 0.5) is 5.69 Å². The Balaban J connectivity index is 2.10. The Labute approximate surface area is 114 Å². The number of sulfone groups is 1. The van der Waals surface area contributed by atoms with E-state index in [9.17, 15) is 8.42 Å². The Hall–Kier alpha value is -1.14. The topological polar surface area (TPSA) is 76.3 Å². The summed E-state index contributed by atoms with van der Waals surface area (Å²) in [4.78, 5) is 6.36. The highest BCUT2D eigenvalue weighted by molar-refractivity contribution is 7.91. The van der Waals surface area contributed by atoms with Crippen molar-refractivity contribution in [3.63, 3.8) is 0 Å². The molecule has 1 saturated heterocycles. The smallest absolute Gasteiger partial charge is 0.152 e. The van der Waals surface area contributed by atoms with Crippen LogP contribution in [-0.4, -0.2) is 38.0 Å². The van der Waals surface area contributed by atoms with Crippen LogP contribution in [0, 0.1) is 0 Å². The summed E-state index contributed by atoms with van der Waals surface area (Å²) in [6.07, 6.45) is 3.31. The molecule has 1 fully saturated rings. The van der Waals surface area contributed by atoms with Gasteiger partial charge in [-0.3, -0.25) is 4.98 Å². The molecule has 0 radical (unpaired) electrons. The third kappa shape index (κ3) is 3.25. The first kappa shape index (κ1) is 14.3. The van der Waals surface area contributed by atoms with Gasteiger partial charge in [0.15, 0.2) is 9.84 Å². The van der Waals surface area contributed by atoms with E-state index in [1.54, 1.807) is 6.20 Å². The van der Waals surface area contributed by atoms with Crippen LogP contribution in [0.15, 0.2) is 18.3 Å². The molecule has 0 aliphatic carbocycles. The summed E-state index contributed by atoms with van der Waals surface area (Å²) < 4.78 is 23.0. The first-order valence-electron chi connectivity index (χ1n) is 6.57. The SMILES string of the molecule is CC[C@H](N)c1ccc(N(C)C2CCS(=O)(=O)C2)cn1. The van der Waals surface area contributed by atoms with E-state index in [4.69, 9.17) is 5.73 Å². The Morgan fingerprint density at radius 1 is 1.53 bits per heavy atom. The average molecular weight is 283 g/mol. The molecule has 0 amide bonds. The minimum atomic E-state index is -2.86. The predicted octanol–water partition coefficient (Wildman–Crippen LogP) is 1.11. The van der Waals surface area contributed by atoms with E-state index >= 15 is 0 Å². The monoisotopic (exact) mass is 283 g/mol. The van der Waals surface area contributed by atoms with E-state index in [0.29, 0.717) is 6.42 Å². The minimum Gasteiger partial charge on any atom is -0.369 e. The number of pyridine rings is 1. The van der Waals surface area contributed by atoms with Crippen molar-refractivity contribution in [1.29, 1.82) is 0 Å². The molecule has 6 heteroatoms. The lowest BCUT2D eigenvalue weighted by Crippen LogP contribution is -2.32. The van der Waals surface area contributed by atoms with Crippen LogP contribution in [-0.2, 0) is 9.84 Å². The summed E-state index contributed by atoms with van der Waals surface area (Å²) in [5.74, 6) is 0.522. The number of anilines is 1. The van der Waals surface area contributed by atoms with Crippen molar-refractivity contribution in [1.82, 2.24) is 4.98 Å². The minimum absolute atomic E-state index is 0.0359. The van der Waals surface area contributed by atoms with E-state index in [0.717, 1.165) is 17.8 Å². The molecule has 1 aromatic rings. The molecule has 1 aliphatic heterocycles. The number of hydrogen-bond acceptors (Lipinski definition) is 5. The fraction of sp³-hybridized carbons (Fsp3) is 0.615. The lowest BCUT2D eigenvalue weighted by atomic mass is 10.1. The van der Waals surface area contributed by atoms with E-state index < -0.39 is 9.84 Å². The van der Waals surface area contributed by atoms with Crippen molar-refractivity contribution >= 4 is 15.5 Å². The third-order valence-electron chi connectivity index (χ3n) is 3.75. The van der Waals surface area contributed by atoms with Crippen molar-refractivity contribution in [3.05, 3.63) is 24.0 Å². The molecule has 1 unspecified atom stereocenters. The molecule has 2 atom stereocenters. The Bertz CT molecular complexity index is 527. The van der Waals surface area contributed by atoms with E-state index in [-0.39, 0.29) is 23.6 Å². The maximum Gasteiger partial charge on any atom is 0.152 e. The number of hydrogen-bond donors (Lipinski definition) is 1. The van der Waals surface area contributed by atoms with Gasteiger partial charge in [0.05, 0.1) is 29.1 Å². The van der Waals surface area contributed by atoms with Crippen molar-refractivity contribution in [2.75, 3.05) is 23.5 Å². The second kappa shape index (κ2) is 5.46.